The summed E-state index contributed by atoms with van der Waals surface area (Å²) >= 11 is 0. The van der Waals surface area contributed by atoms with Crippen molar-refractivity contribution >= 4 is 16.2 Å². The average molecular weight is 311 g/mol. The van der Waals surface area contributed by atoms with Crippen molar-refractivity contribution in [1.29, 1.82) is 5.26 Å². The topological polar surface area (TPSA) is 102 Å². The molecule has 0 aromatic heterocycles. The van der Waals surface area contributed by atoms with Gasteiger partial charge in [0, 0.05) is 27.2 Å². The molecule has 0 radical (unpaired) electrons. The number of rotatable bonds is 7. The van der Waals surface area contributed by atoms with Gasteiger partial charge in [-0.3, -0.25) is 4.79 Å². The standard InChI is InChI=1S/C13H17N3O4S/c1-15(7-6-13(17)18)21(19,20)16(2)10-12-5-3-4-11(8-12)9-14/h3-5,8H,6-7,10H2,1-2H3,(H,17,18). The smallest absolute Gasteiger partial charge is 0.304 e. The number of carboxylic acid groups (broad SMARTS) is 1. The normalized spacial score (nSPS) is 11.6. The molecule has 0 fully saturated rings. The van der Waals surface area contributed by atoms with Crippen molar-refractivity contribution in [2.24, 2.45) is 0 Å². The fourth-order valence-electron chi connectivity index (χ4n) is 1.68. The second-order valence-corrected chi connectivity index (χ2v) is 6.68. The quantitative estimate of drug-likeness (QED) is 0.796. The van der Waals surface area contributed by atoms with E-state index in [9.17, 15) is 13.2 Å². The van der Waals surface area contributed by atoms with Gasteiger partial charge in [-0.1, -0.05) is 12.1 Å². The molecule has 0 atom stereocenters. The number of nitriles is 1. The summed E-state index contributed by atoms with van der Waals surface area (Å²) in [7, 11) is -0.990. The van der Waals surface area contributed by atoms with Crippen LogP contribution in [0.15, 0.2) is 24.3 Å². The number of hydrogen-bond acceptors (Lipinski definition) is 4. The molecule has 21 heavy (non-hydrogen) atoms. The second kappa shape index (κ2) is 7.17. The van der Waals surface area contributed by atoms with E-state index in [2.05, 4.69) is 0 Å². The van der Waals surface area contributed by atoms with Crippen LogP contribution in [0.4, 0.5) is 0 Å². The summed E-state index contributed by atoms with van der Waals surface area (Å²) in [5.41, 5.74) is 1.14. The molecule has 1 aromatic rings. The van der Waals surface area contributed by atoms with Gasteiger partial charge in [0.25, 0.3) is 10.2 Å². The van der Waals surface area contributed by atoms with Gasteiger partial charge in [-0.15, -0.1) is 0 Å². The summed E-state index contributed by atoms with van der Waals surface area (Å²) in [4.78, 5) is 10.5. The van der Waals surface area contributed by atoms with Crippen molar-refractivity contribution in [2.75, 3.05) is 20.6 Å². The molecular weight excluding hydrogens is 294 g/mol. The zero-order valence-corrected chi connectivity index (χ0v) is 12.7. The van der Waals surface area contributed by atoms with E-state index in [1.807, 2.05) is 6.07 Å². The van der Waals surface area contributed by atoms with Crippen LogP contribution < -0.4 is 0 Å². The van der Waals surface area contributed by atoms with Crippen LogP contribution in [0.25, 0.3) is 0 Å². The van der Waals surface area contributed by atoms with E-state index in [4.69, 9.17) is 10.4 Å². The third-order valence-electron chi connectivity index (χ3n) is 2.89. The molecule has 1 rings (SSSR count). The molecule has 0 bridgehead atoms. The number of aliphatic carboxylic acids is 1. The van der Waals surface area contributed by atoms with E-state index >= 15 is 0 Å². The molecule has 0 amide bonds. The highest BCUT2D eigenvalue weighted by molar-refractivity contribution is 7.86. The van der Waals surface area contributed by atoms with E-state index in [0.29, 0.717) is 11.1 Å². The lowest BCUT2D eigenvalue weighted by Gasteiger charge is -2.24. The fraction of sp³-hybridized carbons (Fsp3) is 0.385. The molecule has 0 aliphatic carbocycles. The fourth-order valence-corrected chi connectivity index (χ4v) is 2.79. The summed E-state index contributed by atoms with van der Waals surface area (Å²) in [6.45, 7) is 0.00943. The van der Waals surface area contributed by atoms with Crippen LogP contribution in [0, 0.1) is 11.3 Å². The molecule has 1 N–H and O–H groups in total. The van der Waals surface area contributed by atoms with Gasteiger partial charge in [-0.2, -0.15) is 22.3 Å². The zero-order chi connectivity index (χ0) is 16.0. The van der Waals surface area contributed by atoms with Gasteiger partial charge in [0.1, 0.15) is 0 Å². The minimum atomic E-state index is -3.73. The van der Waals surface area contributed by atoms with Gasteiger partial charge in [0.2, 0.25) is 0 Å². The first-order valence-electron chi connectivity index (χ1n) is 6.16. The number of benzene rings is 1. The number of hydrogen-bond donors (Lipinski definition) is 1. The molecule has 0 saturated heterocycles. The van der Waals surface area contributed by atoms with E-state index < -0.39 is 16.2 Å². The maximum absolute atomic E-state index is 12.2. The summed E-state index contributed by atoms with van der Waals surface area (Å²) in [6, 6.07) is 8.65. The SMILES string of the molecule is CN(CCC(=O)O)S(=O)(=O)N(C)Cc1cccc(C#N)c1. The predicted octanol–water partition coefficient (Wildman–Crippen LogP) is 0.641. The van der Waals surface area contributed by atoms with Gasteiger partial charge >= 0.3 is 5.97 Å². The first kappa shape index (κ1) is 17.1. The van der Waals surface area contributed by atoms with Crippen molar-refractivity contribution < 1.29 is 18.3 Å². The van der Waals surface area contributed by atoms with Crippen LogP contribution in [0.5, 0.6) is 0 Å². The van der Waals surface area contributed by atoms with Crippen LogP contribution in [0.3, 0.4) is 0 Å². The summed E-state index contributed by atoms with van der Waals surface area (Å²) in [5, 5.41) is 17.4. The maximum atomic E-state index is 12.2. The highest BCUT2D eigenvalue weighted by Crippen LogP contribution is 2.12. The van der Waals surface area contributed by atoms with Crippen molar-refractivity contribution in [2.45, 2.75) is 13.0 Å². The Labute approximate surface area is 124 Å². The lowest BCUT2D eigenvalue weighted by molar-refractivity contribution is -0.137. The summed E-state index contributed by atoms with van der Waals surface area (Å²) in [5.74, 6) is -1.05. The monoisotopic (exact) mass is 311 g/mol. The Morgan fingerprint density at radius 2 is 2.00 bits per heavy atom. The van der Waals surface area contributed by atoms with Gasteiger partial charge in [0.05, 0.1) is 18.1 Å². The molecule has 114 valence electrons. The highest BCUT2D eigenvalue weighted by Gasteiger charge is 2.24. The van der Waals surface area contributed by atoms with Gasteiger partial charge in [-0.25, -0.2) is 0 Å². The molecule has 1 aromatic carbocycles. The van der Waals surface area contributed by atoms with Crippen molar-refractivity contribution in [1.82, 2.24) is 8.61 Å². The average Bonchev–Trinajstić information content (AvgIpc) is 2.44. The van der Waals surface area contributed by atoms with E-state index in [1.54, 1.807) is 24.3 Å². The number of carbonyl (C=O) groups is 1. The first-order chi connectivity index (χ1) is 9.77. The van der Waals surface area contributed by atoms with Crippen molar-refractivity contribution in [3.63, 3.8) is 0 Å². The Morgan fingerprint density at radius 1 is 1.33 bits per heavy atom. The van der Waals surface area contributed by atoms with Gasteiger partial charge in [-0.05, 0) is 17.7 Å². The Bertz CT molecular complexity index is 652. The molecule has 7 nitrogen and oxygen atoms in total. The molecule has 0 saturated carbocycles. The lowest BCUT2D eigenvalue weighted by atomic mass is 10.1. The third-order valence-corrected chi connectivity index (χ3v) is 4.78. The Balaban J connectivity index is 2.79. The Hall–Kier alpha value is -1.95. The van der Waals surface area contributed by atoms with Gasteiger partial charge < -0.3 is 5.11 Å². The van der Waals surface area contributed by atoms with E-state index in [0.717, 1.165) is 8.61 Å². The van der Waals surface area contributed by atoms with Gasteiger partial charge in [0.15, 0.2) is 0 Å². The molecule has 0 heterocycles. The van der Waals surface area contributed by atoms with Crippen LogP contribution in [-0.4, -0.2) is 48.7 Å². The van der Waals surface area contributed by atoms with Crippen LogP contribution in [0.2, 0.25) is 0 Å². The maximum Gasteiger partial charge on any atom is 0.304 e. The molecule has 0 unspecified atom stereocenters. The Morgan fingerprint density at radius 3 is 2.57 bits per heavy atom. The highest BCUT2D eigenvalue weighted by atomic mass is 32.2. The first-order valence-corrected chi connectivity index (χ1v) is 7.55. The van der Waals surface area contributed by atoms with E-state index in [1.165, 1.54) is 14.1 Å². The second-order valence-electron chi connectivity index (χ2n) is 4.54. The predicted molar refractivity (Wildman–Crippen MR) is 76.4 cm³/mol. The largest absolute Gasteiger partial charge is 0.481 e. The summed E-state index contributed by atoms with van der Waals surface area (Å²) < 4.78 is 26.5. The van der Waals surface area contributed by atoms with Crippen LogP contribution >= 0.6 is 0 Å². The van der Waals surface area contributed by atoms with Crippen molar-refractivity contribution in [3.05, 3.63) is 35.4 Å². The van der Waals surface area contributed by atoms with E-state index in [-0.39, 0.29) is 19.5 Å². The molecule has 0 aliphatic rings. The number of carboxylic acids is 1. The minimum Gasteiger partial charge on any atom is -0.481 e. The number of nitrogens with zero attached hydrogens (tertiary/aromatic N) is 3. The van der Waals surface area contributed by atoms with Crippen molar-refractivity contribution in [3.8, 4) is 6.07 Å². The Kier molecular flexibility index (Phi) is 5.84. The molecule has 8 heteroatoms. The molecule has 0 aliphatic heterocycles. The summed E-state index contributed by atoms with van der Waals surface area (Å²) in [6.07, 6.45) is -0.256. The molecular formula is C13H17N3O4S. The third kappa shape index (κ3) is 4.82. The van der Waals surface area contributed by atoms with Crippen LogP contribution in [0.1, 0.15) is 17.5 Å². The molecule has 0 spiro atoms. The lowest BCUT2D eigenvalue weighted by Crippen LogP contribution is -2.40. The zero-order valence-electron chi connectivity index (χ0n) is 11.9. The minimum absolute atomic E-state index is 0.0970. The van der Waals surface area contributed by atoms with Crippen LogP contribution in [-0.2, 0) is 21.5 Å².